The van der Waals surface area contributed by atoms with Gasteiger partial charge in [0, 0.05) is 11.3 Å². The Bertz CT molecular complexity index is 1120. The highest BCUT2D eigenvalue weighted by Crippen LogP contribution is 2.41. The molecule has 1 aliphatic rings. The van der Waals surface area contributed by atoms with Crippen LogP contribution in [0.4, 0.5) is 16.2 Å². The molecule has 1 aliphatic heterocycles. The number of nitrogens with zero attached hydrogens (tertiary/aromatic N) is 2. The fraction of sp³-hybridized carbons (Fsp3) is 0.259. The summed E-state index contributed by atoms with van der Waals surface area (Å²) in [5.74, 6) is -0.0471. The van der Waals surface area contributed by atoms with Gasteiger partial charge in [0.2, 0.25) is 0 Å². The molecule has 3 aromatic carbocycles. The molecule has 5 heteroatoms. The molecule has 0 saturated carbocycles. The Kier molecular flexibility index (Phi) is 5.61. The molecule has 1 unspecified atom stereocenters. The molecular formula is C27H28N2O3. The highest BCUT2D eigenvalue weighted by atomic mass is 16.3. The van der Waals surface area contributed by atoms with Gasteiger partial charge in [0.15, 0.2) is 0 Å². The van der Waals surface area contributed by atoms with Crippen molar-refractivity contribution in [3.63, 3.8) is 0 Å². The van der Waals surface area contributed by atoms with Gasteiger partial charge in [-0.3, -0.25) is 9.69 Å². The molecular weight excluding hydrogens is 400 g/mol. The summed E-state index contributed by atoms with van der Waals surface area (Å²) in [6.07, 6.45) is 0. The Morgan fingerprint density at radius 2 is 1.16 bits per heavy atom. The van der Waals surface area contributed by atoms with Crippen LogP contribution in [0.15, 0.2) is 78.9 Å². The zero-order valence-corrected chi connectivity index (χ0v) is 18.8. The van der Waals surface area contributed by atoms with Gasteiger partial charge in [-0.05, 0) is 47.2 Å². The number of benzene rings is 3. The molecule has 0 aliphatic carbocycles. The van der Waals surface area contributed by atoms with Crippen LogP contribution in [-0.2, 0) is 10.5 Å². The van der Waals surface area contributed by atoms with Gasteiger partial charge >= 0.3 is 6.03 Å². The minimum atomic E-state index is -2.14. The lowest BCUT2D eigenvalue weighted by molar-refractivity contribution is -0.133. The van der Waals surface area contributed by atoms with Crippen LogP contribution in [0.5, 0.6) is 0 Å². The van der Waals surface area contributed by atoms with E-state index in [0.717, 1.165) is 16.0 Å². The van der Waals surface area contributed by atoms with E-state index in [4.69, 9.17) is 0 Å². The lowest BCUT2D eigenvalue weighted by Crippen LogP contribution is -2.47. The van der Waals surface area contributed by atoms with Crippen molar-refractivity contribution in [2.75, 3.05) is 9.80 Å². The smallest absolute Gasteiger partial charge is 0.339 e. The van der Waals surface area contributed by atoms with Crippen molar-refractivity contribution in [3.8, 4) is 0 Å². The molecule has 3 amide bonds. The van der Waals surface area contributed by atoms with Crippen molar-refractivity contribution in [2.24, 2.45) is 0 Å². The van der Waals surface area contributed by atoms with Crippen molar-refractivity contribution in [2.45, 2.75) is 45.3 Å². The number of imide groups is 1. The summed E-state index contributed by atoms with van der Waals surface area (Å²) in [5, 5.41) is 11.8. The molecule has 0 spiro atoms. The molecule has 164 valence electrons. The van der Waals surface area contributed by atoms with Gasteiger partial charge in [0.05, 0.1) is 5.69 Å². The van der Waals surface area contributed by atoms with Crippen LogP contribution < -0.4 is 9.80 Å². The van der Waals surface area contributed by atoms with Crippen LogP contribution in [0.1, 0.15) is 56.2 Å². The molecule has 32 heavy (non-hydrogen) atoms. The molecule has 1 heterocycles. The summed E-state index contributed by atoms with van der Waals surface area (Å²) >= 11 is 0. The van der Waals surface area contributed by atoms with E-state index in [9.17, 15) is 14.7 Å². The molecule has 1 fully saturated rings. The molecule has 4 rings (SSSR count). The Labute approximate surface area is 188 Å². The predicted molar refractivity (Wildman–Crippen MR) is 127 cm³/mol. The fourth-order valence-electron chi connectivity index (χ4n) is 4.04. The molecule has 3 aromatic rings. The summed E-state index contributed by atoms with van der Waals surface area (Å²) in [6.45, 7) is 8.33. The summed E-state index contributed by atoms with van der Waals surface area (Å²) in [6, 6.07) is 22.7. The number of urea groups is 1. The zero-order chi connectivity index (χ0) is 23.0. The van der Waals surface area contributed by atoms with Crippen LogP contribution in [0.3, 0.4) is 0 Å². The first-order valence-corrected chi connectivity index (χ1v) is 10.9. The second kappa shape index (κ2) is 8.24. The van der Waals surface area contributed by atoms with E-state index >= 15 is 0 Å². The summed E-state index contributed by atoms with van der Waals surface area (Å²) < 4.78 is 0. The van der Waals surface area contributed by atoms with Crippen molar-refractivity contribution in [3.05, 3.63) is 95.6 Å². The molecule has 0 bridgehead atoms. The quantitative estimate of drug-likeness (QED) is 0.526. The molecule has 1 saturated heterocycles. The molecule has 1 N–H and O–H groups in total. The standard InChI is InChI=1S/C27H28N2O3/c1-18(2)20-10-14-23(15-11-20)28-25(30)27(32,22-8-6-5-7-9-22)29(26(28)31)24-16-12-21(13-17-24)19(3)4/h5-19,32H,1-4H3. The molecule has 0 aromatic heterocycles. The Morgan fingerprint density at radius 3 is 1.62 bits per heavy atom. The number of hydrogen-bond acceptors (Lipinski definition) is 3. The van der Waals surface area contributed by atoms with E-state index in [1.165, 1.54) is 4.90 Å². The van der Waals surface area contributed by atoms with E-state index in [2.05, 4.69) is 27.7 Å². The van der Waals surface area contributed by atoms with Gasteiger partial charge in [0.1, 0.15) is 0 Å². The first-order valence-electron chi connectivity index (χ1n) is 10.9. The number of amides is 3. The lowest BCUT2D eigenvalue weighted by atomic mass is 9.99. The third-order valence-corrected chi connectivity index (χ3v) is 6.02. The zero-order valence-electron chi connectivity index (χ0n) is 18.8. The Morgan fingerprint density at radius 1 is 0.688 bits per heavy atom. The first kappa shape index (κ1) is 21.8. The number of hydrogen-bond donors (Lipinski definition) is 1. The number of carbonyl (C=O) groups excluding carboxylic acids is 2. The van der Waals surface area contributed by atoms with Gasteiger partial charge in [-0.1, -0.05) is 82.3 Å². The molecule has 0 radical (unpaired) electrons. The molecule has 1 atom stereocenters. The van der Waals surface area contributed by atoms with Crippen LogP contribution in [0.2, 0.25) is 0 Å². The normalized spacial score (nSPS) is 18.8. The van der Waals surface area contributed by atoms with Gasteiger partial charge in [0.25, 0.3) is 11.6 Å². The van der Waals surface area contributed by atoms with Crippen molar-refractivity contribution < 1.29 is 14.7 Å². The summed E-state index contributed by atoms with van der Waals surface area (Å²) in [4.78, 5) is 29.5. The third kappa shape index (κ3) is 3.49. The fourth-order valence-corrected chi connectivity index (χ4v) is 4.04. The van der Waals surface area contributed by atoms with Crippen LogP contribution in [0.25, 0.3) is 0 Å². The average Bonchev–Trinajstić information content (AvgIpc) is 3.00. The van der Waals surface area contributed by atoms with Crippen LogP contribution in [-0.4, -0.2) is 17.0 Å². The van der Waals surface area contributed by atoms with Crippen LogP contribution >= 0.6 is 0 Å². The maximum atomic E-state index is 13.6. The highest BCUT2D eigenvalue weighted by Gasteiger charge is 2.59. The maximum Gasteiger partial charge on any atom is 0.339 e. The van der Waals surface area contributed by atoms with E-state index < -0.39 is 17.7 Å². The largest absolute Gasteiger partial charge is 0.359 e. The van der Waals surface area contributed by atoms with Gasteiger partial charge in [-0.15, -0.1) is 0 Å². The Balaban J connectivity index is 1.84. The SMILES string of the molecule is CC(C)c1ccc(N2C(=O)N(c3ccc(C(C)C)cc3)C(O)(c3ccccc3)C2=O)cc1. The minimum absolute atomic E-state index is 0.323. The topological polar surface area (TPSA) is 60.9 Å². The predicted octanol–water partition coefficient (Wildman–Crippen LogP) is 5.75. The van der Waals surface area contributed by atoms with E-state index in [0.29, 0.717) is 28.8 Å². The number of carbonyl (C=O) groups is 2. The first-order chi connectivity index (χ1) is 15.2. The number of rotatable bonds is 5. The van der Waals surface area contributed by atoms with Crippen molar-refractivity contribution in [1.29, 1.82) is 0 Å². The van der Waals surface area contributed by atoms with E-state index in [1.807, 2.05) is 24.3 Å². The van der Waals surface area contributed by atoms with Crippen molar-refractivity contribution >= 4 is 23.3 Å². The highest BCUT2D eigenvalue weighted by molar-refractivity contribution is 6.29. The lowest BCUT2D eigenvalue weighted by Gasteiger charge is -2.30. The monoisotopic (exact) mass is 428 g/mol. The minimum Gasteiger partial charge on any atom is -0.359 e. The average molecular weight is 429 g/mol. The summed E-state index contributed by atoms with van der Waals surface area (Å²) in [5.41, 5.74) is 1.30. The van der Waals surface area contributed by atoms with E-state index in [1.54, 1.807) is 54.6 Å². The maximum absolute atomic E-state index is 13.6. The van der Waals surface area contributed by atoms with Gasteiger partial charge in [-0.2, -0.15) is 0 Å². The van der Waals surface area contributed by atoms with Gasteiger partial charge < -0.3 is 5.11 Å². The second-order valence-electron chi connectivity index (χ2n) is 8.79. The van der Waals surface area contributed by atoms with E-state index in [-0.39, 0.29) is 0 Å². The van der Waals surface area contributed by atoms with Gasteiger partial charge in [-0.25, -0.2) is 9.69 Å². The second-order valence-corrected chi connectivity index (χ2v) is 8.79. The molecule has 5 nitrogen and oxygen atoms in total. The number of aliphatic hydroxyl groups is 1. The van der Waals surface area contributed by atoms with Crippen LogP contribution in [0, 0.1) is 0 Å². The Hall–Kier alpha value is -3.44. The van der Waals surface area contributed by atoms with Crippen molar-refractivity contribution in [1.82, 2.24) is 0 Å². The number of anilines is 2. The third-order valence-electron chi connectivity index (χ3n) is 6.02. The summed E-state index contributed by atoms with van der Waals surface area (Å²) in [7, 11) is 0.